The summed E-state index contributed by atoms with van der Waals surface area (Å²) in [7, 11) is 0. The maximum absolute atomic E-state index is 12.4. The van der Waals surface area contributed by atoms with E-state index in [4.69, 9.17) is 5.11 Å². The summed E-state index contributed by atoms with van der Waals surface area (Å²) in [6, 6.07) is 0.309. The molecule has 2 heterocycles. The Kier molecular flexibility index (Phi) is 3.85. The molecule has 5 nitrogen and oxygen atoms in total. The van der Waals surface area contributed by atoms with Crippen molar-refractivity contribution >= 4 is 11.9 Å². The molecule has 2 fully saturated rings. The molecule has 0 saturated carbocycles. The Balaban J connectivity index is 1.99. The molecule has 5 heteroatoms. The van der Waals surface area contributed by atoms with E-state index in [2.05, 4.69) is 0 Å². The third-order valence-electron chi connectivity index (χ3n) is 4.26. The van der Waals surface area contributed by atoms with Crippen molar-refractivity contribution in [2.45, 2.75) is 70.6 Å². The fraction of sp³-hybridized carbons (Fsp3) is 0.857. The predicted octanol–water partition coefficient (Wildman–Crippen LogP) is 1.39. The first kappa shape index (κ1) is 14.3. The molecular formula is C14H23NO4. The number of amides is 1. The summed E-state index contributed by atoms with van der Waals surface area (Å²) < 4.78 is 0. The molecule has 0 aromatic heterocycles. The molecule has 2 rings (SSSR count). The monoisotopic (exact) mass is 269 g/mol. The van der Waals surface area contributed by atoms with Crippen LogP contribution in [0.1, 0.15) is 52.4 Å². The Bertz CT molecular complexity index is 366. The summed E-state index contributed by atoms with van der Waals surface area (Å²) in [6.45, 7) is 3.64. The zero-order valence-electron chi connectivity index (χ0n) is 11.6. The van der Waals surface area contributed by atoms with Crippen molar-refractivity contribution < 1.29 is 19.8 Å². The molecule has 2 bridgehead atoms. The van der Waals surface area contributed by atoms with Gasteiger partial charge in [-0.3, -0.25) is 9.59 Å². The van der Waals surface area contributed by atoms with E-state index in [1.54, 1.807) is 0 Å². The number of nitrogens with zero attached hydrogens (tertiary/aromatic N) is 1. The number of carboxylic acids is 1. The highest BCUT2D eigenvalue weighted by Gasteiger charge is 2.43. The minimum atomic E-state index is -0.866. The highest BCUT2D eigenvalue weighted by atomic mass is 16.4. The number of fused-ring (bicyclic) bond motifs is 2. The maximum atomic E-state index is 12.4. The summed E-state index contributed by atoms with van der Waals surface area (Å²) >= 11 is 0. The van der Waals surface area contributed by atoms with Crippen molar-refractivity contribution in [2.75, 3.05) is 0 Å². The fourth-order valence-electron chi connectivity index (χ4n) is 3.53. The van der Waals surface area contributed by atoms with Gasteiger partial charge in [0.2, 0.25) is 5.91 Å². The largest absolute Gasteiger partial charge is 0.481 e. The minimum Gasteiger partial charge on any atom is -0.481 e. The standard InChI is InChI=1S/C14H23NO4/c1-14(2,8-13(18)19)7-12(17)15-9-3-4-10(15)6-11(16)5-9/h9-11,16H,3-8H2,1-2H3,(H,18,19). The number of piperidine rings is 1. The van der Waals surface area contributed by atoms with Crippen LogP contribution in [0.15, 0.2) is 0 Å². The van der Waals surface area contributed by atoms with Gasteiger partial charge < -0.3 is 15.1 Å². The Morgan fingerprint density at radius 2 is 1.68 bits per heavy atom. The molecule has 0 aliphatic carbocycles. The summed E-state index contributed by atoms with van der Waals surface area (Å²) in [5, 5.41) is 18.6. The molecule has 0 aromatic carbocycles. The molecule has 2 saturated heterocycles. The Morgan fingerprint density at radius 1 is 1.16 bits per heavy atom. The smallest absolute Gasteiger partial charge is 0.303 e. The molecule has 2 unspecified atom stereocenters. The van der Waals surface area contributed by atoms with Gasteiger partial charge >= 0.3 is 5.97 Å². The van der Waals surface area contributed by atoms with E-state index in [0.29, 0.717) is 12.8 Å². The number of carbonyl (C=O) groups is 2. The van der Waals surface area contributed by atoms with Gasteiger partial charge in [-0.2, -0.15) is 0 Å². The number of carboxylic acid groups (broad SMARTS) is 1. The molecule has 0 spiro atoms. The SMILES string of the molecule is CC(C)(CC(=O)O)CC(=O)N1C2CCC1CC(O)C2. The first-order valence-electron chi connectivity index (χ1n) is 6.99. The van der Waals surface area contributed by atoms with Crippen LogP contribution in [0.5, 0.6) is 0 Å². The van der Waals surface area contributed by atoms with E-state index in [1.807, 2.05) is 18.7 Å². The maximum Gasteiger partial charge on any atom is 0.303 e. The molecule has 1 amide bonds. The van der Waals surface area contributed by atoms with Crippen molar-refractivity contribution in [3.63, 3.8) is 0 Å². The number of hydrogen-bond acceptors (Lipinski definition) is 3. The molecule has 2 aliphatic rings. The van der Waals surface area contributed by atoms with Crippen LogP contribution in [0, 0.1) is 5.41 Å². The second kappa shape index (κ2) is 5.12. The van der Waals surface area contributed by atoms with E-state index >= 15 is 0 Å². The average Bonchev–Trinajstić information content (AvgIpc) is 2.48. The van der Waals surface area contributed by atoms with Crippen LogP contribution < -0.4 is 0 Å². The van der Waals surface area contributed by atoms with Crippen molar-refractivity contribution in [3.8, 4) is 0 Å². The van der Waals surface area contributed by atoms with Gasteiger partial charge in [0.25, 0.3) is 0 Å². The van der Waals surface area contributed by atoms with Crippen LogP contribution in [0.2, 0.25) is 0 Å². The lowest BCUT2D eigenvalue weighted by molar-refractivity contribution is -0.142. The van der Waals surface area contributed by atoms with Crippen molar-refractivity contribution in [1.29, 1.82) is 0 Å². The van der Waals surface area contributed by atoms with Gasteiger partial charge in [-0.1, -0.05) is 13.8 Å². The number of aliphatic hydroxyl groups is 1. The zero-order valence-corrected chi connectivity index (χ0v) is 11.6. The average molecular weight is 269 g/mol. The first-order chi connectivity index (χ1) is 8.78. The number of aliphatic carboxylic acids is 1. The van der Waals surface area contributed by atoms with E-state index in [0.717, 1.165) is 12.8 Å². The predicted molar refractivity (Wildman–Crippen MR) is 69.5 cm³/mol. The Hall–Kier alpha value is -1.10. The van der Waals surface area contributed by atoms with Crippen LogP contribution in [0.4, 0.5) is 0 Å². The van der Waals surface area contributed by atoms with Gasteiger partial charge in [-0.15, -0.1) is 0 Å². The summed E-state index contributed by atoms with van der Waals surface area (Å²) in [6.07, 6.45) is 3.25. The number of hydrogen-bond donors (Lipinski definition) is 2. The third-order valence-corrected chi connectivity index (χ3v) is 4.26. The van der Waals surface area contributed by atoms with E-state index in [-0.39, 0.29) is 36.9 Å². The lowest BCUT2D eigenvalue weighted by Crippen LogP contribution is -2.49. The molecular weight excluding hydrogens is 246 g/mol. The second-order valence-corrected chi connectivity index (χ2v) is 6.72. The quantitative estimate of drug-likeness (QED) is 0.808. The minimum absolute atomic E-state index is 0.00450. The van der Waals surface area contributed by atoms with Gasteiger partial charge in [0.1, 0.15) is 0 Å². The molecule has 0 radical (unpaired) electrons. The van der Waals surface area contributed by atoms with Crippen LogP contribution in [0.25, 0.3) is 0 Å². The third kappa shape index (κ3) is 3.26. The number of rotatable bonds is 4. The highest BCUT2D eigenvalue weighted by Crippen LogP contribution is 2.38. The Labute approximate surface area is 113 Å². The Morgan fingerprint density at radius 3 is 2.16 bits per heavy atom. The van der Waals surface area contributed by atoms with E-state index in [9.17, 15) is 14.7 Å². The van der Waals surface area contributed by atoms with Crippen LogP contribution in [-0.2, 0) is 9.59 Å². The van der Waals surface area contributed by atoms with Crippen molar-refractivity contribution in [1.82, 2.24) is 4.90 Å². The van der Waals surface area contributed by atoms with E-state index in [1.165, 1.54) is 0 Å². The van der Waals surface area contributed by atoms with Gasteiger partial charge in [-0.05, 0) is 31.1 Å². The van der Waals surface area contributed by atoms with Crippen molar-refractivity contribution in [2.24, 2.45) is 5.41 Å². The molecule has 2 aliphatic heterocycles. The van der Waals surface area contributed by atoms with Crippen LogP contribution in [0.3, 0.4) is 0 Å². The van der Waals surface area contributed by atoms with Crippen LogP contribution in [-0.4, -0.2) is 45.2 Å². The fourth-order valence-corrected chi connectivity index (χ4v) is 3.53. The summed E-state index contributed by atoms with van der Waals surface area (Å²) in [5.41, 5.74) is -0.515. The van der Waals surface area contributed by atoms with Gasteiger partial charge in [0, 0.05) is 18.5 Å². The first-order valence-corrected chi connectivity index (χ1v) is 6.99. The second-order valence-electron chi connectivity index (χ2n) is 6.72. The van der Waals surface area contributed by atoms with Crippen LogP contribution >= 0.6 is 0 Å². The molecule has 2 atom stereocenters. The molecule has 0 aromatic rings. The van der Waals surface area contributed by atoms with E-state index < -0.39 is 11.4 Å². The van der Waals surface area contributed by atoms with Gasteiger partial charge in [0.05, 0.1) is 12.5 Å². The van der Waals surface area contributed by atoms with Gasteiger partial charge in [-0.25, -0.2) is 0 Å². The highest BCUT2D eigenvalue weighted by molar-refractivity contribution is 5.79. The van der Waals surface area contributed by atoms with Crippen molar-refractivity contribution in [3.05, 3.63) is 0 Å². The molecule has 19 heavy (non-hydrogen) atoms. The molecule has 108 valence electrons. The normalized spacial score (nSPS) is 30.5. The zero-order chi connectivity index (χ0) is 14.2. The number of carbonyl (C=O) groups excluding carboxylic acids is 1. The number of aliphatic hydroxyl groups excluding tert-OH is 1. The lowest BCUT2D eigenvalue weighted by atomic mass is 9.84. The topological polar surface area (TPSA) is 77.8 Å². The summed E-state index contributed by atoms with van der Waals surface area (Å²) in [5.74, 6) is -0.819. The summed E-state index contributed by atoms with van der Waals surface area (Å²) in [4.78, 5) is 25.1. The van der Waals surface area contributed by atoms with Gasteiger partial charge in [0.15, 0.2) is 0 Å². The molecule has 2 N–H and O–H groups in total. The lowest BCUT2D eigenvalue weighted by Gasteiger charge is -2.38.